The van der Waals surface area contributed by atoms with E-state index in [1.165, 1.54) is 16.7 Å². The van der Waals surface area contributed by atoms with Crippen LogP contribution in [0.1, 0.15) is 35.0 Å². The van der Waals surface area contributed by atoms with Crippen molar-refractivity contribution in [3.8, 4) is 0 Å². The van der Waals surface area contributed by atoms with E-state index in [4.69, 9.17) is 0 Å². The Balaban J connectivity index is 1.82. The lowest BCUT2D eigenvalue weighted by atomic mass is 10.1. The minimum Gasteiger partial charge on any atom is -0.354 e. The minimum atomic E-state index is 0.813. The molecule has 0 spiro atoms. The van der Waals surface area contributed by atoms with Crippen LogP contribution in [0.15, 0.2) is 61.7 Å². The Hall–Kier alpha value is -3.00. The predicted molar refractivity (Wildman–Crippen MR) is 107 cm³/mol. The number of fused-ring (bicyclic) bond motifs is 1. The first-order chi connectivity index (χ1) is 11.5. The average Bonchev–Trinajstić information content (AvgIpc) is 3.17. The molecule has 120 valence electrons. The number of benzene rings is 1. The van der Waals surface area contributed by atoms with Crippen molar-refractivity contribution >= 4 is 29.6 Å². The van der Waals surface area contributed by atoms with Crippen LogP contribution >= 0.6 is 0 Å². The summed E-state index contributed by atoms with van der Waals surface area (Å²) >= 11 is 0. The second kappa shape index (κ2) is 6.25. The molecule has 0 aliphatic heterocycles. The second-order valence-electron chi connectivity index (χ2n) is 6.10. The molecule has 2 nitrogen and oxygen atoms in total. The van der Waals surface area contributed by atoms with E-state index in [-0.39, 0.29) is 0 Å². The van der Waals surface area contributed by atoms with Crippen molar-refractivity contribution in [1.29, 1.82) is 0 Å². The van der Waals surface area contributed by atoms with Crippen molar-refractivity contribution in [1.82, 2.24) is 4.98 Å². The Bertz CT molecular complexity index is 865. The fourth-order valence-electron chi connectivity index (χ4n) is 2.91. The van der Waals surface area contributed by atoms with Gasteiger partial charge >= 0.3 is 0 Å². The maximum atomic E-state index is 4.14. The van der Waals surface area contributed by atoms with Gasteiger partial charge in [0.1, 0.15) is 0 Å². The molecule has 0 amide bonds. The Morgan fingerprint density at radius 1 is 1.17 bits per heavy atom. The van der Waals surface area contributed by atoms with Crippen LogP contribution in [0.5, 0.6) is 0 Å². The van der Waals surface area contributed by atoms with E-state index in [9.17, 15) is 0 Å². The lowest BCUT2D eigenvalue weighted by molar-refractivity contribution is 1.20. The van der Waals surface area contributed by atoms with Crippen LogP contribution in [0.3, 0.4) is 0 Å². The zero-order chi connectivity index (χ0) is 17.3. The smallest absolute Gasteiger partial charge is 0.0624 e. The van der Waals surface area contributed by atoms with E-state index in [1.54, 1.807) is 6.08 Å². The Kier molecular flexibility index (Phi) is 4.13. The second-order valence-corrected chi connectivity index (χ2v) is 6.10. The maximum absolute atomic E-state index is 4.14. The number of rotatable bonds is 6. The monoisotopic (exact) mass is 314 g/mol. The van der Waals surface area contributed by atoms with Crippen LogP contribution in [-0.4, -0.2) is 4.98 Å². The number of aromatic amines is 1. The van der Waals surface area contributed by atoms with Gasteiger partial charge in [0.2, 0.25) is 0 Å². The highest BCUT2D eigenvalue weighted by atomic mass is 14.9. The molecular formula is C22H22N2. The zero-order valence-electron chi connectivity index (χ0n) is 14.1. The molecule has 1 aliphatic rings. The summed E-state index contributed by atoms with van der Waals surface area (Å²) in [5.41, 5.74) is 9.75. The molecule has 24 heavy (non-hydrogen) atoms. The topological polar surface area (TPSA) is 27.8 Å². The fourth-order valence-corrected chi connectivity index (χ4v) is 2.91. The lowest BCUT2D eigenvalue weighted by Crippen LogP contribution is -1.98. The number of aromatic nitrogens is 1. The van der Waals surface area contributed by atoms with E-state index in [1.807, 2.05) is 12.1 Å². The molecule has 1 aromatic carbocycles. The quantitative estimate of drug-likeness (QED) is 0.682. The molecule has 1 aromatic heterocycles. The van der Waals surface area contributed by atoms with Gasteiger partial charge in [0.25, 0.3) is 0 Å². The molecule has 3 rings (SSSR count). The predicted octanol–water partition coefficient (Wildman–Crippen LogP) is 5.90. The van der Waals surface area contributed by atoms with Crippen molar-refractivity contribution in [2.24, 2.45) is 0 Å². The normalized spacial score (nSPS) is 12.3. The number of hydrogen-bond acceptors (Lipinski definition) is 1. The third kappa shape index (κ3) is 2.91. The number of allylic oxidation sites excluding steroid dienone is 2. The van der Waals surface area contributed by atoms with E-state index in [0.717, 1.165) is 40.3 Å². The van der Waals surface area contributed by atoms with Crippen LogP contribution in [0.25, 0.3) is 23.9 Å². The Morgan fingerprint density at radius 3 is 2.58 bits per heavy atom. The van der Waals surface area contributed by atoms with Crippen LogP contribution in [0.4, 0.5) is 5.69 Å². The summed E-state index contributed by atoms with van der Waals surface area (Å²) in [5.74, 6) is 0. The maximum Gasteiger partial charge on any atom is 0.0624 e. The SMILES string of the molecule is C=Cc1cc(C(=C)Nc2ccc3c(c2)C=C(C(=C)C)C3)[nH]c1C=C. The van der Waals surface area contributed by atoms with E-state index >= 15 is 0 Å². The number of hydrogen-bond donors (Lipinski definition) is 2. The van der Waals surface area contributed by atoms with E-state index in [0.29, 0.717) is 0 Å². The molecule has 2 N–H and O–H groups in total. The number of nitrogens with one attached hydrogen (secondary N) is 2. The van der Waals surface area contributed by atoms with Crippen molar-refractivity contribution in [2.75, 3.05) is 5.32 Å². The van der Waals surface area contributed by atoms with Crippen molar-refractivity contribution in [3.05, 3.63) is 89.8 Å². The molecule has 0 saturated carbocycles. The summed E-state index contributed by atoms with van der Waals surface area (Å²) in [4.78, 5) is 3.30. The van der Waals surface area contributed by atoms with Gasteiger partial charge in [-0.05, 0) is 59.9 Å². The van der Waals surface area contributed by atoms with Crippen molar-refractivity contribution < 1.29 is 0 Å². The van der Waals surface area contributed by atoms with Gasteiger partial charge in [-0.15, -0.1) is 0 Å². The van der Waals surface area contributed by atoms with Crippen LogP contribution in [-0.2, 0) is 6.42 Å². The van der Waals surface area contributed by atoms with E-state index < -0.39 is 0 Å². The highest BCUT2D eigenvalue weighted by Crippen LogP contribution is 2.31. The first-order valence-electron chi connectivity index (χ1n) is 7.95. The van der Waals surface area contributed by atoms with Crippen LogP contribution < -0.4 is 5.32 Å². The fraction of sp³-hybridized carbons (Fsp3) is 0.0909. The van der Waals surface area contributed by atoms with Gasteiger partial charge in [0.05, 0.1) is 11.4 Å². The van der Waals surface area contributed by atoms with Gasteiger partial charge in [0, 0.05) is 11.4 Å². The molecule has 0 atom stereocenters. The van der Waals surface area contributed by atoms with Gasteiger partial charge in [0.15, 0.2) is 0 Å². The van der Waals surface area contributed by atoms with Gasteiger partial charge < -0.3 is 10.3 Å². The summed E-state index contributed by atoms with van der Waals surface area (Å²) in [6.07, 6.45) is 6.77. The summed E-state index contributed by atoms with van der Waals surface area (Å²) in [5, 5.41) is 3.37. The molecule has 0 bridgehead atoms. The molecule has 2 heteroatoms. The molecule has 0 unspecified atom stereocenters. The Morgan fingerprint density at radius 2 is 1.96 bits per heavy atom. The molecule has 2 aromatic rings. The first kappa shape index (κ1) is 15.9. The zero-order valence-corrected chi connectivity index (χ0v) is 14.1. The standard InChI is InChI=1S/C22H22N2/c1-6-16-13-22(24-21(16)7-2)15(5)23-20-9-8-17-10-18(14(3)4)11-19(17)12-20/h6-9,11-13,23-24H,1-3,5,10H2,4H3. The van der Waals surface area contributed by atoms with Crippen molar-refractivity contribution in [3.63, 3.8) is 0 Å². The average molecular weight is 314 g/mol. The highest BCUT2D eigenvalue weighted by Gasteiger charge is 2.14. The summed E-state index contributed by atoms with van der Waals surface area (Å²) in [6.45, 7) is 17.9. The third-order valence-corrected chi connectivity index (χ3v) is 4.33. The van der Waals surface area contributed by atoms with Gasteiger partial charge in [-0.3, -0.25) is 0 Å². The highest BCUT2D eigenvalue weighted by molar-refractivity contribution is 5.79. The van der Waals surface area contributed by atoms with Gasteiger partial charge in [-0.2, -0.15) is 0 Å². The first-order valence-corrected chi connectivity index (χ1v) is 7.95. The summed E-state index contributed by atoms with van der Waals surface area (Å²) in [6, 6.07) is 8.43. The molecule has 0 saturated heterocycles. The Labute approximate surface area is 143 Å². The van der Waals surface area contributed by atoms with Crippen molar-refractivity contribution in [2.45, 2.75) is 13.3 Å². The lowest BCUT2D eigenvalue weighted by Gasteiger charge is -2.10. The number of anilines is 1. The largest absolute Gasteiger partial charge is 0.354 e. The minimum absolute atomic E-state index is 0.813. The van der Waals surface area contributed by atoms with E-state index in [2.05, 4.69) is 67.8 Å². The molecule has 1 heterocycles. The van der Waals surface area contributed by atoms with Gasteiger partial charge in [-0.25, -0.2) is 0 Å². The molecule has 0 fully saturated rings. The van der Waals surface area contributed by atoms with Crippen LogP contribution in [0.2, 0.25) is 0 Å². The van der Waals surface area contributed by atoms with Gasteiger partial charge in [-0.1, -0.05) is 50.1 Å². The summed E-state index contributed by atoms with van der Waals surface area (Å²) in [7, 11) is 0. The number of H-pyrrole nitrogens is 1. The third-order valence-electron chi connectivity index (χ3n) is 4.33. The molecule has 1 aliphatic carbocycles. The molecular weight excluding hydrogens is 292 g/mol. The molecule has 0 radical (unpaired) electrons. The van der Waals surface area contributed by atoms with Crippen LogP contribution in [0, 0.1) is 0 Å². The summed E-state index contributed by atoms with van der Waals surface area (Å²) < 4.78 is 0.